The maximum absolute atomic E-state index is 13.2. The van der Waals surface area contributed by atoms with Gasteiger partial charge in [0.15, 0.2) is 5.82 Å². The Kier molecular flexibility index (Phi) is 8.42. The largest absolute Gasteiger partial charge is 0.360 e. The van der Waals surface area contributed by atoms with Crippen LogP contribution in [0.3, 0.4) is 0 Å². The number of benzene rings is 2. The number of fused-ring (bicyclic) bond motifs is 1. The van der Waals surface area contributed by atoms with Gasteiger partial charge in [-0.05, 0) is 80.0 Å². The van der Waals surface area contributed by atoms with Crippen molar-refractivity contribution >= 4 is 39.2 Å². The van der Waals surface area contributed by atoms with Crippen LogP contribution in [-0.2, 0) is 27.7 Å². The molecule has 0 saturated carbocycles. The second-order valence-corrected chi connectivity index (χ2v) is 12.7. The zero-order chi connectivity index (χ0) is 29.0. The number of nitriles is 1. The lowest BCUT2D eigenvalue weighted by molar-refractivity contribution is -0.115. The molecule has 0 spiro atoms. The number of amides is 1. The first kappa shape index (κ1) is 28.4. The predicted octanol–water partition coefficient (Wildman–Crippen LogP) is 5.83. The van der Waals surface area contributed by atoms with Crippen LogP contribution in [-0.4, -0.2) is 29.7 Å². The molecule has 0 saturated heterocycles. The average Bonchev–Trinajstić information content (AvgIpc) is 3.39. The molecule has 2 heterocycles. The van der Waals surface area contributed by atoms with Crippen molar-refractivity contribution in [1.29, 1.82) is 5.26 Å². The highest BCUT2D eigenvalue weighted by molar-refractivity contribution is 8.00. The summed E-state index contributed by atoms with van der Waals surface area (Å²) in [5, 5.41) is 16.5. The number of nitrogens with one attached hydrogen (secondary N) is 2. The summed E-state index contributed by atoms with van der Waals surface area (Å²) in [5.74, 6) is 0.713. The lowest BCUT2D eigenvalue weighted by atomic mass is 9.82. The third-order valence-electron chi connectivity index (χ3n) is 6.96. The zero-order valence-corrected chi connectivity index (χ0v) is 24.3. The van der Waals surface area contributed by atoms with Gasteiger partial charge < -0.3 is 9.84 Å². The molecule has 0 radical (unpaired) electrons. The number of aryl methyl sites for hydroxylation is 2. The van der Waals surface area contributed by atoms with E-state index in [9.17, 15) is 18.5 Å². The molecule has 2 unspecified atom stereocenters. The fourth-order valence-electron chi connectivity index (χ4n) is 4.83. The fourth-order valence-corrected chi connectivity index (χ4v) is 6.81. The van der Waals surface area contributed by atoms with Crippen molar-refractivity contribution in [3.63, 3.8) is 0 Å². The van der Waals surface area contributed by atoms with E-state index in [1.807, 2.05) is 31.2 Å². The van der Waals surface area contributed by atoms with Gasteiger partial charge in [0.1, 0.15) is 16.9 Å². The van der Waals surface area contributed by atoms with E-state index >= 15 is 0 Å². The molecular formula is C30H29N5O4S2. The predicted molar refractivity (Wildman–Crippen MR) is 157 cm³/mol. The lowest BCUT2D eigenvalue weighted by Gasteiger charge is -2.25. The van der Waals surface area contributed by atoms with Gasteiger partial charge in [0.25, 0.3) is 10.0 Å². The van der Waals surface area contributed by atoms with Crippen molar-refractivity contribution in [1.82, 2.24) is 10.1 Å². The van der Waals surface area contributed by atoms with E-state index in [1.54, 1.807) is 6.92 Å². The van der Waals surface area contributed by atoms with Crippen LogP contribution in [0.2, 0.25) is 0 Å². The van der Waals surface area contributed by atoms with E-state index in [0.717, 1.165) is 30.5 Å². The highest BCUT2D eigenvalue weighted by Crippen LogP contribution is 2.36. The quantitative estimate of drug-likeness (QED) is 0.233. The Morgan fingerprint density at radius 1 is 1.17 bits per heavy atom. The molecule has 11 heteroatoms. The lowest BCUT2D eigenvalue weighted by Crippen LogP contribution is -2.25. The van der Waals surface area contributed by atoms with Gasteiger partial charge in [-0.3, -0.25) is 9.52 Å². The SMILES string of the molecule is CCC(Sc1nc2c(cc1C#N)CC(c1ccccc1)CC2)C(=O)Nc1ccc(S(=O)(=O)Nc2cc(C)on2)cc1. The van der Waals surface area contributed by atoms with E-state index in [4.69, 9.17) is 9.51 Å². The molecule has 0 fully saturated rings. The first-order valence-corrected chi connectivity index (χ1v) is 15.6. The number of pyridine rings is 1. The monoisotopic (exact) mass is 587 g/mol. The Morgan fingerprint density at radius 3 is 2.59 bits per heavy atom. The Balaban J connectivity index is 1.26. The first-order chi connectivity index (χ1) is 19.8. The summed E-state index contributed by atoms with van der Waals surface area (Å²) in [6.07, 6.45) is 3.15. The molecule has 9 nitrogen and oxygen atoms in total. The van der Waals surface area contributed by atoms with Gasteiger partial charge in [-0.2, -0.15) is 5.26 Å². The standard InChI is InChI=1S/C30H29N5O4S2/c1-3-27(29(36)32-24-10-12-25(13-11-24)41(37,38)35-28-15-19(2)39-34-28)40-30-23(18-31)17-22-16-21(9-14-26(22)33-30)20-7-5-4-6-8-20/h4-8,10-13,15,17,21,27H,3,9,14,16H2,1-2H3,(H,32,36)(H,34,35). The van der Waals surface area contributed by atoms with Crippen LogP contribution in [0.1, 0.15) is 53.8 Å². The van der Waals surface area contributed by atoms with Crippen LogP contribution >= 0.6 is 11.8 Å². The van der Waals surface area contributed by atoms with E-state index in [1.165, 1.54) is 47.7 Å². The minimum absolute atomic E-state index is 0.0176. The molecule has 1 amide bonds. The molecule has 1 aliphatic carbocycles. The Morgan fingerprint density at radius 2 is 1.93 bits per heavy atom. The van der Waals surface area contributed by atoms with E-state index < -0.39 is 15.3 Å². The Bertz CT molecular complexity index is 1700. The van der Waals surface area contributed by atoms with Crippen molar-refractivity contribution in [2.45, 2.75) is 60.6 Å². The maximum Gasteiger partial charge on any atom is 0.263 e. The van der Waals surface area contributed by atoms with Crippen molar-refractivity contribution < 1.29 is 17.7 Å². The number of sulfonamides is 1. The Labute approximate surface area is 243 Å². The van der Waals surface area contributed by atoms with Gasteiger partial charge in [-0.25, -0.2) is 13.4 Å². The number of hydrogen-bond acceptors (Lipinski definition) is 8. The second-order valence-electron chi connectivity index (χ2n) is 9.87. The molecule has 41 heavy (non-hydrogen) atoms. The normalized spacial score (nSPS) is 15.4. The molecule has 0 aliphatic heterocycles. The molecule has 0 bridgehead atoms. The second kappa shape index (κ2) is 12.2. The molecule has 4 aromatic rings. The minimum atomic E-state index is -3.87. The Hall–Kier alpha value is -4.14. The number of aromatic nitrogens is 2. The summed E-state index contributed by atoms with van der Waals surface area (Å²) in [5.41, 5.74) is 4.30. The molecule has 2 N–H and O–H groups in total. The van der Waals surface area contributed by atoms with Gasteiger partial charge >= 0.3 is 0 Å². The summed E-state index contributed by atoms with van der Waals surface area (Å²) in [6, 6.07) is 21.9. The van der Waals surface area contributed by atoms with E-state index in [0.29, 0.717) is 34.4 Å². The average molecular weight is 588 g/mol. The molecular weight excluding hydrogens is 558 g/mol. The van der Waals surface area contributed by atoms with Crippen LogP contribution < -0.4 is 10.0 Å². The van der Waals surface area contributed by atoms with Crippen LogP contribution in [0.25, 0.3) is 0 Å². The summed E-state index contributed by atoms with van der Waals surface area (Å²) in [7, 11) is -3.87. The van der Waals surface area contributed by atoms with Gasteiger partial charge in [0.05, 0.1) is 15.7 Å². The number of rotatable bonds is 9. The summed E-state index contributed by atoms with van der Waals surface area (Å²) in [4.78, 5) is 18.0. The summed E-state index contributed by atoms with van der Waals surface area (Å²) in [6.45, 7) is 3.56. The van der Waals surface area contributed by atoms with Crippen molar-refractivity contribution in [2.24, 2.45) is 0 Å². The van der Waals surface area contributed by atoms with Gasteiger partial charge in [-0.1, -0.05) is 54.2 Å². The third kappa shape index (κ3) is 6.61. The number of carbonyl (C=O) groups is 1. The highest BCUT2D eigenvalue weighted by Gasteiger charge is 2.26. The summed E-state index contributed by atoms with van der Waals surface area (Å²) < 4.78 is 32.5. The molecule has 1 aliphatic rings. The maximum atomic E-state index is 13.2. The minimum Gasteiger partial charge on any atom is -0.360 e. The topological polar surface area (TPSA) is 138 Å². The van der Waals surface area contributed by atoms with Crippen molar-refractivity contribution in [2.75, 3.05) is 10.0 Å². The number of nitrogens with zero attached hydrogens (tertiary/aromatic N) is 3. The number of thioether (sulfide) groups is 1. The molecule has 2 aromatic carbocycles. The number of anilines is 2. The van der Waals surface area contributed by atoms with E-state index in [2.05, 4.69) is 33.4 Å². The fraction of sp³-hybridized carbons (Fsp3) is 0.267. The summed E-state index contributed by atoms with van der Waals surface area (Å²) >= 11 is 1.28. The van der Waals surface area contributed by atoms with Gasteiger partial charge in [0, 0.05) is 17.4 Å². The smallest absolute Gasteiger partial charge is 0.263 e. The number of hydrogen-bond donors (Lipinski definition) is 2. The van der Waals surface area contributed by atoms with Crippen LogP contribution in [0.5, 0.6) is 0 Å². The molecule has 210 valence electrons. The number of carbonyl (C=O) groups excluding carboxylic acids is 1. The van der Waals surface area contributed by atoms with Crippen LogP contribution in [0.15, 0.2) is 81.2 Å². The van der Waals surface area contributed by atoms with E-state index in [-0.39, 0.29) is 16.6 Å². The van der Waals surface area contributed by atoms with Gasteiger partial charge in [0.2, 0.25) is 5.91 Å². The highest BCUT2D eigenvalue weighted by atomic mass is 32.2. The van der Waals surface area contributed by atoms with Crippen molar-refractivity contribution in [3.8, 4) is 6.07 Å². The van der Waals surface area contributed by atoms with Crippen LogP contribution in [0, 0.1) is 18.3 Å². The van der Waals surface area contributed by atoms with Crippen molar-refractivity contribution in [3.05, 3.63) is 94.9 Å². The molecule has 5 rings (SSSR count). The zero-order valence-electron chi connectivity index (χ0n) is 22.6. The van der Waals surface area contributed by atoms with Crippen LogP contribution in [0.4, 0.5) is 11.5 Å². The van der Waals surface area contributed by atoms with Gasteiger partial charge in [-0.15, -0.1) is 0 Å². The molecule has 2 atom stereocenters. The first-order valence-electron chi connectivity index (χ1n) is 13.3. The third-order valence-corrected chi connectivity index (χ3v) is 9.70. The molecule has 2 aromatic heterocycles.